The number of aryl methyl sites for hydroxylation is 2. The first kappa shape index (κ1) is 22.4. The van der Waals surface area contributed by atoms with Crippen LogP contribution in [0.3, 0.4) is 0 Å². The Labute approximate surface area is 196 Å². The standard InChI is InChI=1S/C26H22N2O4S/c1-17-7-3-5-9-21(17)27-26-28(22-10-6-4-8-18(22)2)25(31)23(33-26)15-19-11-13-20(14-12-19)32-16-24(29)30/h3-15H,16H2,1-2H3,(H,29,30)/p-1. The molecular formula is C26H21N2O4S-. The second-order valence-electron chi connectivity index (χ2n) is 7.45. The Morgan fingerprint density at radius 1 is 1.00 bits per heavy atom. The summed E-state index contributed by atoms with van der Waals surface area (Å²) in [5.41, 5.74) is 4.37. The number of aliphatic imine (C=N–C) groups is 1. The Hall–Kier alpha value is -3.84. The van der Waals surface area contributed by atoms with Crippen molar-refractivity contribution in [1.82, 2.24) is 0 Å². The summed E-state index contributed by atoms with van der Waals surface area (Å²) in [4.78, 5) is 31.0. The van der Waals surface area contributed by atoms with Gasteiger partial charge in [-0.3, -0.25) is 9.69 Å². The third-order valence-corrected chi connectivity index (χ3v) is 6.00. The highest BCUT2D eigenvalue weighted by Gasteiger charge is 2.35. The number of nitrogens with zero attached hydrogens (tertiary/aromatic N) is 2. The van der Waals surface area contributed by atoms with Crippen LogP contribution in [-0.2, 0) is 9.59 Å². The van der Waals surface area contributed by atoms with E-state index >= 15 is 0 Å². The van der Waals surface area contributed by atoms with Gasteiger partial charge < -0.3 is 14.6 Å². The van der Waals surface area contributed by atoms with Crippen LogP contribution in [0.5, 0.6) is 5.75 Å². The maximum Gasteiger partial charge on any atom is 0.271 e. The lowest BCUT2D eigenvalue weighted by Crippen LogP contribution is -2.29. The quantitative estimate of drug-likeness (QED) is 0.517. The topological polar surface area (TPSA) is 82.0 Å². The molecule has 1 heterocycles. The fraction of sp³-hybridized carbons (Fsp3) is 0.115. The number of amidine groups is 1. The van der Waals surface area contributed by atoms with Crippen molar-refractivity contribution in [2.75, 3.05) is 11.5 Å². The third-order valence-electron chi connectivity index (χ3n) is 5.03. The van der Waals surface area contributed by atoms with Gasteiger partial charge in [0.05, 0.1) is 22.2 Å². The molecule has 0 spiro atoms. The molecule has 4 rings (SSSR count). The molecule has 1 aliphatic rings. The summed E-state index contributed by atoms with van der Waals surface area (Å²) in [5.74, 6) is -1.03. The number of rotatable bonds is 6. The number of thioether (sulfide) groups is 1. The fourth-order valence-electron chi connectivity index (χ4n) is 3.32. The van der Waals surface area contributed by atoms with Crippen LogP contribution in [0, 0.1) is 13.8 Å². The van der Waals surface area contributed by atoms with E-state index in [-0.39, 0.29) is 5.91 Å². The number of carboxylic acid groups (broad SMARTS) is 1. The smallest absolute Gasteiger partial charge is 0.271 e. The van der Waals surface area contributed by atoms with Gasteiger partial charge in [0.2, 0.25) is 0 Å². The highest BCUT2D eigenvalue weighted by atomic mass is 32.2. The van der Waals surface area contributed by atoms with Crippen molar-refractivity contribution in [2.45, 2.75) is 13.8 Å². The molecule has 7 heteroatoms. The molecule has 1 fully saturated rings. The molecule has 0 saturated carbocycles. The number of carbonyl (C=O) groups excluding carboxylic acids is 2. The van der Waals surface area contributed by atoms with E-state index in [1.165, 1.54) is 11.8 Å². The normalized spacial score (nSPS) is 15.9. The number of benzene rings is 3. The highest BCUT2D eigenvalue weighted by Crippen LogP contribution is 2.38. The van der Waals surface area contributed by atoms with Gasteiger partial charge in [0.15, 0.2) is 5.17 Å². The molecule has 0 unspecified atom stereocenters. The molecule has 0 aliphatic carbocycles. The number of aliphatic carboxylic acids is 1. The Balaban J connectivity index is 1.69. The van der Waals surface area contributed by atoms with Crippen LogP contribution in [0.4, 0.5) is 11.4 Å². The van der Waals surface area contributed by atoms with E-state index in [2.05, 4.69) is 0 Å². The van der Waals surface area contributed by atoms with Crippen LogP contribution in [0.25, 0.3) is 6.08 Å². The summed E-state index contributed by atoms with van der Waals surface area (Å²) in [6, 6.07) is 22.3. The lowest BCUT2D eigenvalue weighted by Gasteiger charge is -2.18. The van der Waals surface area contributed by atoms with Crippen molar-refractivity contribution in [3.8, 4) is 5.75 Å². The lowest BCUT2D eigenvalue weighted by atomic mass is 10.1. The molecule has 33 heavy (non-hydrogen) atoms. The molecule has 0 bridgehead atoms. The van der Waals surface area contributed by atoms with Crippen LogP contribution >= 0.6 is 11.8 Å². The van der Waals surface area contributed by atoms with Crippen LogP contribution in [-0.4, -0.2) is 23.7 Å². The first-order chi connectivity index (χ1) is 15.9. The third kappa shape index (κ3) is 5.15. The van der Waals surface area contributed by atoms with Gasteiger partial charge in [-0.05, 0) is 72.6 Å². The van der Waals surface area contributed by atoms with E-state index in [9.17, 15) is 14.7 Å². The fourth-order valence-corrected chi connectivity index (χ4v) is 4.31. The van der Waals surface area contributed by atoms with Crippen molar-refractivity contribution >= 4 is 46.3 Å². The number of anilines is 1. The summed E-state index contributed by atoms with van der Waals surface area (Å²) in [6.07, 6.45) is 1.79. The summed E-state index contributed by atoms with van der Waals surface area (Å²) in [6.45, 7) is 3.43. The average molecular weight is 458 g/mol. The van der Waals surface area contributed by atoms with Gasteiger partial charge in [0.25, 0.3) is 5.91 Å². The number of para-hydroxylation sites is 2. The van der Waals surface area contributed by atoms with Crippen molar-refractivity contribution in [3.63, 3.8) is 0 Å². The minimum atomic E-state index is -1.29. The molecule has 0 atom stereocenters. The zero-order valence-corrected chi connectivity index (χ0v) is 19.0. The molecule has 0 N–H and O–H groups in total. The van der Waals surface area contributed by atoms with Gasteiger partial charge in [0.1, 0.15) is 12.4 Å². The Morgan fingerprint density at radius 2 is 1.67 bits per heavy atom. The Bertz CT molecular complexity index is 1270. The molecule has 3 aromatic carbocycles. The monoisotopic (exact) mass is 457 g/mol. The maximum atomic E-state index is 13.5. The summed E-state index contributed by atoms with van der Waals surface area (Å²) >= 11 is 1.32. The molecule has 0 aromatic heterocycles. The largest absolute Gasteiger partial charge is 0.546 e. The molecule has 6 nitrogen and oxygen atoms in total. The van der Waals surface area contributed by atoms with Crippen LogP contribution in [0.1, 0.15) is 16.7 Å². The minimum absolute atomic E-state index is 0.154. The van der Waals surface area contributed by atoms with Crippen LogP contribution in [0.2, 0.25) is 0 Å². The number of ether oxygens (including phenoxy) is 1. The molecule has 0 radical (unpaired) electrons. The van der Waals surface area contributed by atoms with Crippen LogP contribution in [0.15, 0.2) is 82.7 Å². The van der Waals surface area contributed by atoms with Gasteiger partial charge in [-0.25, -0.2) is 4.99 Å². The van der Waals surface area contributed by atoms with Crippen molar-refractivity contribution in [2.24, 2.45) is 4.99 Å². The van der Waals surface area contributed by atoms with Gasteiger partial charge in [-0.1, -0.05) is 48.5 Å². The van der Waals surface area contributed by atoms with E-state index in [4.69, 9.17) is 9.73 Å². The summed E-state index contributed by atoms with van der Waals surface area (Å²) in [7, 11) is 0. The molecule has 166 valence electrons. The second-order valence-corrected chi connectivity index (χ2v) is 8.46. The van der Waals surface area contributed by atoms with Crippen molar-refractivity contribution in [1.29, 1.82) is 0 Å². The lowest BCUT2D eigenvalue weighted by molar-refractivity contribution is -0.307. The second kappa shape index (κ2) is 9.75. The van der Waals surface area contributed by atoms with E-state index in [1.54, 1.807) is 35.2 Å². The average Bonchev–Trinajstić information content (AvgIpc) is 3.09. The number of carbonyl (C=O) groups is 2. The Kier molecular flexibility index (Phi) is 6.60. The minimum Gasteiger partial charge on any atom is -0.546 e. The zero-order chi connectivity index (χ0) is 23.4. The predicted octanol–water partition coefficient (Wildman–Crippen LogP) is 4.24. The number of carboxylic acids is 1. The summed E-state index contributed by atoms with van der Waals surface area (Å²) < 4.78 is 5.11. The van der Waals surface area contributed by atoms with E-state index < -0.39 is 12.6 Å². The van der Waals surface area contributed by atoms with Crippen LogP contribution < -0.4 is 14.7 Å². The molecule has 1 amide bonds. The molecule has 3 aromatic rings. The molecular weight excluding hydrogens is 436 g/mol. The van der Waals surface area contributed by atoms with Gasteiger partial charge in [-0.15, -0.1) is 0 Å². The SMILES string of the molecule is Cc1ccccc1N=C1SC(=Cc2ccc(OCC(=O)[O-])cc2)C(=O)N1c1ccccc1C. The van der Waals surface area contributed by atoms with Gasteiger partial charge >= 0.3 is 0 Å². The van der Waals surface area contributed by atoms with Gasteiger partial charge in [0, 0.05) is 0 Å². The number of hydrogen-bond acceptors (Lipinski definition) is 6. The van der Waals surface area contributed by atoms with Gasteiger partial charge in [-0.2, -0.15) is 0 Å². The number of hydrogen-bond donors (Lipinski definition) is 0. The first-order valence-electron chi connectivity index (χ1n) is 10.3. The van der Waals surface area contributed by atoms with E-state index in [1.807, 2.05) is 62.4 Å². The highest BCUT2D eigenvalue weighted by molar-refractivity contribution is 8.19. The summed E-state index contributed by atoms with van der Waals surface area (Å²) in [5, 5.41) is 11.1. The molecule has 1 saturated heterocycles. The Morgan fingerprint density at radius 3 is 2.33 bits per heavy atom. The van der Waals surface area contributed by atoms with Crippen molar-refractivity contribution in [3.05, 3.63) is 94.4 Å². The van der Waals surface area contributed by atoms with Crippen molar-refractivity contribution < 1.29 is 19.4 Å². The maximum absolute atomic E-state index is 13.5. The first-order valence-corrected chi connectivity index (χ1v) is 11.1. The number of amides is 1. The predicted molar refractivity (Wildman–Crippen MR) is 129 cm³/mol. The van der Waals surface area contributed by atoms with E-state index in [0.717, 1.165) is 28.1 Å². The molecule has 1 aliphatic heterocycles. The zero-order valence-electron chi connectivity index (χ0n) is 18.1. The van der Waals surface area contributed by atoms with E-state index in [0.29, 0.717) is 15.8 Å².